The molecule has 3 aliphatic rings. The molecule has 12 rings (SSSR count). The highest BCUT2D eigenvalue weighted by atomic mass is 35.5. The van der Waals surface area contributed by atoms with Crippen LogP contribution in [0.3, 0.4) is 0 Å². The van der Waals surface area contributed by atoms with Crippen molar-refractivity contribution in [1.29, 1.82) is 0 Å². The predicted molar refractivity (Wildman–Crippen MR) is 366 cm³/mol. The standard InChI is InChI=1S/C24H28FN7.C23H28ClFN6.C23H29FN6O/c1-23(2)9-16(10-24(3,4)31-23)32(6)22-14-27-21(13-28-22)18-8-20(26-5)17(7-19(18)25)15-11-29-30-12-15;1-22(2)8-15(9-23(3,4)30-22)31(5)21-13-26-20(12-27-21)17-6-18(24)16(7-19(17)25)14-10-28-29-11-14;1-22(2)8-15(9-23(3,4)29-22)30(5)21-13-25-19(12-26-21)17-6-18(24)16(7-20(17)31)14-10-27-28-11-14/h7-8,11-14,16,31H,9-10H2,1-4,6H3,(H,29,30);6-7,10-13,15,30H,8-9H2,1-5H3,(H,28,29);6-7,10-13,15,29,31H,8-9H2,1-5H3,(H,27,28). The van der Waals surface area contributed by atoms with E-state index in [1.54, 1.807) is 74.2 Å². The Labute approximate surface area is 553 Å². The molecule has 3 aliphatic heterocycles. The molecule has 0 radical (unpaired) electrons. The van der Waals surface area contributed by atoms with E-state index < -0.39 is 17.5 Å². The van der Waals surface area contributed by atoms with Gasteiger partial charge in [0.25, 0.3) is 0 Å². The molecular weight excluding hydrogens is 1220 g/mol. The van der Waals surface area contributed by atoms with Crippen molar-refractivity contribution in [2.24, 2.45) is 0 Å². The molecule has 0 amide bonds. The minimum Gasteiger partial charge on any atom is -0.507 e. The number of phenols is 1. The van der Waals surface area contributed by atoms with E-state index in [1.807, 2.05) is 21.1 Å². The first-order chi connectivity index (χ1) is 44.2. The summed E-state index contributed by atoms with van der Waals surface area (Å²) in [6, 6.07) is 9.48. The second-order valence-electron chi connectivity index (χ2n) is 29.1. The highest BCUT2D eigenvalue weighted by Crippen LogP contribution is 2.41. The summed E-state index contributed by atoms with van der Waals surface area (Å²) in [6.45, 7) is 34.1. The van der Waals surface area contributed by atoms with Gasteiger partial charge in [-0.05, 0) is 164 Å². The fourth-order valence-corrected chi connectivity index (χ4v) is 14.6. The summed E-state index contributed by atoms with van der Waals surface area (Å²) in [5, 5.41) is 41.7. The fraction of sp³-hybridized carbons (Fsp3) is 0.429. The first-order valence-electron chi connectivity index (χ1n) is 31.4. The van der Waals surface area contributed by atoms with Crippen molar-refractivity contribution in [3.8, 4) is 72.9 Å². The molecule has 494 valence electrons. The van der Waals surface area contributed by atoms with Crippen molar-refractivity contribution in [3.05, 3.63) is 145 Å². The maximum atomic E-state index is 14.9. The summed E-state index contributed by atoms with van der Waals surface area (Å²) in [6.07, 6.45) is 25.3. The molecule has 3 aromatic carbocycles. The number of aromatic hydroxyl groups is 1. The van der Waals surface area contributed by atoms with E-state index in [-0.39, 0.29) is 50.1 Å². The van der Waals surface area contributed by atoms with Gasteiger partial charge in [-0.1, -0.05) is 11.6 Å². The van der Waals surface area contributed by atoms with E-state index >= 15 is 0 Å². The van der Waals surface area contributed by atoms with Gasteiger partial charge in [-0.15, -0.1) is 0 Å². The van der Waals surface area contributed by atoms with Crippen LogP contribution < -0.4 is 30.7 Å². The normalized spacial score (nSPS) is 18.0. The molecule has 3 fully saturated rings. The molecule has 0 atom stereocenters. The number of aromatic amines is 3. The number of aromatic nitrogens is 12. The molecule has 7 N–H and O–H groups in total. The smallest absolute Gasteiger partial charge is 0.195 e. The van der Waals surface area contributed by atoms with Crippen molar-refractivity contribution in [1.82, 2.24) is 76.4 Å². The number of phenolic OH excluding ortho intramolecular Hbond substituents is 1. The summed E-state index contributed by atoms with van der Waals surface area (Å²) in [7, 11) is 6.11. The van der Waals surface area contributed by atoms with E-state index in [9.17, 15) is 18.3 Å². The van der Waals surface area contributed by atoms with Crippen molar-refractivity contribution in [2.45, 2.75) is 173 Å². The molecule has 6 aromatic heterocycles. The number of H-pyrrole nitrogens is 3. The van der Waals surface area contributed by atoms with Crippen LogP contribution in [0.5, 0.6) is 5.75 Å². The van der Waals surface area contributed by atoms with Gasteiger partial charge in [0.15, 0.2) is 5.69 Å². The highest BCUT2D eigenvalue weighted by molar-refractivity contribution is 6.33. The summed E-state index contributed by atoms with van der Waals surface area (Å²) < 4.78 is 44.5. The van der Waals surface area contributed by atoms with Crippen molar-refractivity contribution < 1.29 is 18.3 Å². The number of hydrogen-bond donors (Lipinski definition) is 7. The third-order valence-electron chi connectivity index (χ3n) is 17.8. The summed E-state index contributed by atoms with van der Waals surface area (Å²) >= 11 is 6.41. The van der Waals surface area contributed by atoms with Crippen LogP contribution in [-0.2, 0) is 0 Å². The Bertz CT molecular complexity index is 3890. The summed E-state index contributed by atoms with van der Waals surface area (Å²) in [4.78, 5) is 37.2. The highest BCUT2D eigenvalue weighted by Gasteiger charge is 2.42. The van der Waals surface area contributed by atoms with Crippen LogP contribution in [0, 0.1) is 24.0 Å². The van der Waals surface area contributed by atoms with Crippen molar-refractivity contribution in [3.63, 3.8) is 0 Å². The van der Waals surface area contributed by atoms with Gasteiger partial charge in [0.1, 0.15) is 40.7 Å². The number of nitrogens with one attached hydrogen (secondary N) is 6. The van der Waals surface area contributed by atoms with Crippen LogP contribution in [0.1, 0.15) is 122 Å². The number of rotatable bonds is 12. The zero-order chi connectivity index (χ0) is 67.9. The lowest BCUT2D eigenvalue weighted by Crippen LogP contribution is -2.62. The van der Waals surface area contributed by atoms with Crippen LogP contribution in [0.25, 0.3) is 72.0 Å². The average Bonchev–Trinajstić information content (AvgIpc) is 0.933. The van der Waals surface area contributed by atoms with Gasteiger partial charge in [-0.25, -0.2) is 33.0 Å². The third-order valence-corrected chi connectivity index (χ3v) is 18.1. The third kappa shape index (κ3) is 15.9. The van der Waals surface area contributed by atoms with Crippen LogP contribution in [0.15, 0.2) is 111 Å². The molecule has 0 unspecified atom stereocenters. The van der Waals surface area contributed by atoms with Crippen molar-refractivity contribution >= 4 is 34.7 Å². The van der Waals surface area contributed by atoms with Crippen LogP contribution in [0.2, 0.25) is 5.02 Å². The number of benzene rings is 3. The number of piperidine rings is 3. The average molecular weight is 1300 g/mol. The van der Waals surface area contributed by atoms with Gasteiger partial charge in [-0.3, -0.25) is 30.2 Å². The Morgan fingerprint density at radius 1 is 0.426 bits per heavy atom. The summed E-state index contributed by atoms with van der Waals surface area (Å²) in [5.41, 5.74) is 5.93. The first-order valence-corrected chi connectivity index (χ1v) is 31.8. The molecule has 0 aliphatic carbocycles. The minimum absolute atomic E-state index is 0.0179. The van der Waals surface area contributed by atoms with Gasteiger partial charge in [0, 0.05) is 141 Å². The Kier molecular flexibility index (Phi) is 19.2. The Morgan fingerprint density at radius 3 is 1.09 bits per heavy atom. The van der Waals surface area contributed by atoms with Gasteiger partial charge in [0.2, 0.25) is 0 Å². The number of hydrogen-bond acceptors (Lipinski definition) is 16. The van der Waals surface area contributed by atoms with Gasteiger partial charge in [-0.2, -0.15) is 15.3 Å². The first kappa shape index (κ1) is 68.1. The zero-order valence-electron chi connectivity index (χ0n) is 56.1. The maximum Gasteiger partial charge on any atom is 0.195 e. The molecule has 3 saturated heterocycles. The monoisotopic (exact) mass is 1300 g/mol. The molecule has 0 spiro atoms. The van der Waals surface area contributed by atoms with Gasteiger partial charge in [0.05, 0.1) is 79.4 Å². The SMILES string of the molecule is CN(c1cnc(-c2cc(Cl)c(-c3cn[nH]c3)cc2F)cn1)C1CC(C)(C)NC(C)(C)C1.CN(c1cnc(-c2cc(F)c(-c3cn[nH]c3)cc2O)cn1)C1CC(C)(C)NC(C)(C)C1.[C-]#[N+]c1cc(-c2cnc(N(C)C3CC(C)(C)NC(C)(C)C3)cn2)c(F)cc1-c1cn[nH]c1. The Hall–Kier alpha value is -8.82. The lowest BCUT2D eigenvalue weighted by atomic mass is 9.79. The molecule has 24 heteroatoms. The molecule has 94 heavy (non-hydrogen) atoms. The van der Waals surface area contributed by atoms with Crippen LogP contribution >= 0.6 is 11.6 Å². The summed E-state index contributed by atoms with van der Waals surface area (Å²) in [5.74, 6) is 0.879. The Morgan fingerprint density at radius 2 is 0.745 bits per heavy atom. The number of anilines is 3. The van der Waals surface area contributed by atoms with Crippen molar-refractivity contribution in [2.75, 3.05) is 35.8 Å². The van der Waals surface area contributed by atoms with Gasteiger partial charge >= 0.3 is 0 Å². The van der Waals surface area contributed by atoms with E-state index in [4.69, 9.17) is 18.2 Å². The molecular formula is C70H85ClF3N19O. The van der Waals surface area contributed by atoms with E-state index in [0.717, 1.165) is 61.5 Å². The second kappa shape index (κ2) is 26.5. The van der Waals surface area contributed by atoms with E-state index in [2.05, 4.69) is 179 Å². The minimum atomic E-state index is -0.462. The quantitative estimate of drug-likeness (QED) is 0.0564. The molecule has 0 bridgehead atoms. The second-order valence-corrected chi connectivity index (χ2v) is 29.5. The molecule has 9 aromatic rings. The molecule has 9 heterocycles. The topological polar surface area (TPSA) is 234 Å². The zero-order valence-corrected chi connectivity index (χ0v) is 56.9. The Balaban J connectivity index is 0.000000154. The fourth-order valence-electron chi connectivity index (χ4n) is 14.3. The molecule has 20 nitrogen and oxygen atoms in total. The number of halogens is 4. The lowest BCUT2D eigenvalue weighted by molar-refractivity contribution is 0.160. The van der Waals surface area contributed by atoms with E-state index in [0.29, 0.717) is 79.3 Å². The lowest BCUT2D eigenvalue weighted by Gasteiger charge is -2.49. The molecule has 0 saturated carbocycles. The van der Waals surface area contributed by atoms with Crippen LogP contribution in [0.4, 0.5) is 36.3 Å². The van der Waals surface area contributed by atoms with Crippen LogP contribution in [-0.4, -0.2) is 138 Å². The van der Waals surface area contributed by atoms with E-state index in [1.165, 1.54) is 36.5 Å². The van der Waals surface area contributed by atoms with Gasteiger partial charge < -0.3 is 35.8 Å². The predicted octanol–water partition coefficient (Wildman–Crippen LogP) is 14.2. The number of nitrogens with zero attached hydrogens (tertiary/aromatic N) is 13. The largest absolute Gasteiger partial charge is 0.507 e. The maximum absolute atomic E-state index is 14.9.